The number of amides is 1. The van der Waals surface area contributed by atoms with Gasteiger partial charge in [-0.3, -0.25) is 20.0 Å². The van der Waals surface area contributed by atoms with Gasteiger partial charge in [0.05, 0.1) is 11.3 Å². The van der Waals surface area contributed by atoms with Crippen LogP contribution in [0.1, 0.15) is 38.8 Å². The molecule has 0 saturated heterocycles. The van der Waals surface area contributed by atoms with Gasteiger partial charge in [-0.1, -0.05) is 61.2 Å². The molecule has 3 aromatic rings. The first-order valence-corrected chi connectivity index (χ1v) is 12.6. The normalized spacial score (nSPS) is 17.4. The van der Waals surface area contributed by atoms with Crippen molar-refractivity contribution in [2.45, 2.75) is 38.1 Å². The Bertz CT molecular complexity index is 1240. The van der Waals surface area contributed by atoms with Crippen molar-refractivity contribution in [1.29, 1.82) is 0 Å². The third kappa shape index (κ3) is 4.27. The van der Waals surface area contributed by atoms with Gasteiger partial charge < -0.3 is 0 Å². The summed E-state index contributed by atoms with van der Waals surface area (Å²) in [6.45, 7) is 2.51. The van der Waals surface area contributed by atoms with E-state index < -0.39 is 18.0 Å². The number of nitrogens with zero attached hydrogens (tertiary/aromatic N) is 3. The number of hydrogen-bond acceptors (Lipinski definition) is 6. The van der Waals surface area contributed by atoms with E-state index >= 15 is 0 Å². The number of halogens is 3. The number of rotatable bonds is 5. The number of alkyl halides is 3. The van der Waals surface area contributed by atoms with E-state index in [0.29, 0.717) is 27.9 Å². The van der Waals surface area contributed by atoms with E-state index in [-0.39, 0.29) is 5.91 Å². The first-order valence-electron chi connectivity index (χ1n) is 10.7. The second-order valence-electron chi connectivity index (χ2n) is 7.99. The van der Waals surface area contributed by atoms with Crippen molar-refractivity contribution in [3.8, 4) is 0 Å². The van der Waals surface area contributed by atoms with E-state index in [4.69, 9.17) is 0 Å². The Kier molecular flexibility index (Phi) is 6.03. The van der Waals surface area contributed by atoms with Crippen LogP contribution in [0.3, 0.4) is 0 Å². The number of thiophene rings is 1. The molecule has 5 rings (SSSR count). The molecule has 0 saturated carbocycles. The molecule has 0 bridgehead atoms. The van der Waals surface area contributed by atoms with Gasteiger partial charge in [-0.05, 0) is 40.6 Å². The molecule has 1 unspecified atom stereocenters. The number of hydrazone groups is 1. The average Bonchev–Trinajstić information content (AvgIpc) is 3.48. The van der Waals surface area contributed by atoms with Crippen molar-refractivity contribution in [3.63, 3.8) is 0 Å². The molecule has 1 aromatic heterocycles. The molecule has 2 aromatic carbocycles. The lowest BCUT2D eigenvalue weighted by molar-refractivity contribution is -0.137. The summed E-state index contributed by atoms with van der Waals surface area (Å²) in [5.41, 5.74) is 5.94. The molecule has 176 valence electrons. The number of benzene rings is 2. The van der Waals surface area contributed by atoms with Crippen LogP contribution in [-0.2, 0) is 24.9 Å². The molecular formula is C24H21F3N4OS2. The van der Waals surface area contributed by atoms with Gasteiger partial charge in [-0.25, -0.2) is 0 Å². The Morgan fingerprint density at radius 3 is 2.59 bits per heavy atom. The maximum atomic E-state index is 13.3. The molecule has 2 aliphatic heterocycles. The molecule has 10 heteroatoms. The number of fused-ring (bicyclic) bond motifs is 3. The van der Waals surface area contributed by atoms with Crippen LogP contribution in [0.5, 0.6) is 0 Å². The van der Waals surface area contributed by atoms with Crippen molar-refractivity contribution >= 4 is 39.9 Å². The second-order valence-corrected chi connectivity index (χ2v) is 9.85. The number of nitrogens with one attached hydrogen (secondary N) is 1. The number of carbonyl (C=O) groups is 1. The second kappa shape index (κ2) is 8.99. The first-order chi connectivity index (χ1) is 16.3. The van der Waals surface area contributed by atoms with E-state index in [1.165, 1.54) is 34.7 Å². The molecule has 34 heavy (non-hydrogen) atoms. The third-order valence-electron chi connectivity index (χ3n) is 5.79. The molecule has 0 aliphatic carbocycles. The van der Waals surface area contributed by atoms with Gasteiger partial charge in [0.25, 0.3) is 5.91 Å². The van der Waals surface area contributed by atoms with Crippen molar-refractivity contribution in [2.75, 3.05) is 4.90 Å². The van der Waals surface area contributed by atoms with Crippen LogP contribution in [0, 0.1) is 0 Å². The molecule has 1 amide bonds. The molecule has 2 aliphatic rings. The van der Waals surface area contributed by atoms with E-state index in [1.54, 1.807) is 11.0 Å². The van der Waals surface area contributed by atoms with Crippen molar-refractivity contribution < 1.29 is 18.0 Å². The number of amidine groups is 1. The average molecular weight is 503 g/mol. The maximum Gasteiger partial charge on any atom is 0.416 e. The lowest BCUT2D eigenvalue weighted by atomic mass is 10.1. The largest absolute Gasteiger partial charge is 0.416 e. The quantitative estimate of drug-likeness (QED) is 0.473. The highest BCUT2D eigenvalue weighted by atomic mass is 32.2. The van der Waals surface area contributed by atoms with Crippen molar-refractivity contribution in [1.82, 2.24) is 10.3 Å². The molecule has 1 atom stereocenters. The molecule has 5 nitrogen and oxygen atoms in total. The van der Waals surface area contributed by atoms with Gasteiger partial charge in [0, 0.05) is 12.3 Å². The summed E-state index contributed by atoms with van der Waals surface area (Å²) in [4.78, 5) is 17.6. The fourth-order valence-corrected chi connectivity index (χ4v) is 5.76. The standard InChI is InChI=1S/C24H21F3N4OS2/c1-2-15-6-8-16(9-7-15)13-30-21(32)20-19(10-11-33-20)31-22(30)28-29-23(31)34-14-17-4-3-5-18(12-17)24(25,26)27/h3-12,22,28H,2,13-14H2,1H3. The zero-order valence-corrected chi connectivity index (χ0v) is 19.8. The smallest absolute Gasteiger partial charge is 0.294 e. The fraction of sp³-hybridized carbons (Fsp3) is 0.250. The monoisotopic (exact) mass is 502 g/mol. The van der Waals surface area contributed by atoms with Crippen molar-refractivity contribution in [3.05, 3.63) is 87.1 Å². The van der Waals surface area contributed by atoms with E-state index in [1.807, 2.05) is 28.5 Å². The zero-order valence-electron chi connectivity index (χ0n) is 18.2. The SMILES string of the molecule is CCc1ccc(CN2C(=O)c3sccc3N3C(SCc4cccc(C(F)(F)F)c4)=NNC23)cc1. The summed E-state index contributed by atoms with van der Waals surface area (Å²) in [5, 5.41) is 6.92. The molecule has 0 spiro atoms. The summed E-state index contributed by atoms with van der Waals surface area (Å²) in [5.74, 6) is 0.247. The highest BCUT2D eigenvalue weighted by molar-refractivity contribution is 8.13. The Morgan fingerprint density at radius 2 is 1.85 bits per heavy atom. The predicted octanol–water partition coefficient (Wildman–Crippen LogP) is 5.88. The Morgan fingerprint density at radius 1 is 1.09 bits per heavy atom. The fourth-order valence-electron chi connectivity index (χ4n) is 3.99. The minimum Gasteiger partial charge on any atom is -0.294 e. The van der Waals surface area contributed by atoms with Gasteiger partial charge in [0.1, 0.15) is 4.88 Å². The highest BCUT2D eigenvalue weighted by Crippen LogP contribution is 2.39. The van der Waals surface area contributed by atoms with E-state index in [9.17, 15) is 18.0 Å². The van der Waals surface area contributed by atoms with Gasteiger partial charge in [-0.15, -0.1) is 11.3 Å². The maximum absolute atomic E-state index is 13.3. The summed E-state index contributed by atoms with van der Waals surface area (Å²) >= 11 is 2.71. The highest BCUT2D eigenvalue weighted by Gasteiger charge is 2.43. The van der Waals surface area contributed by atoms with Crippen LogP contribution >= 0.6 is 23.1 Å². The number of aryl methyl sites for hydroxylation is 1. The molecule has 0 radical (unpaired) electrons. The molecule has 1 N–H and O–H groups in total. The molecular weight excluding hydrogens is 481 g/mol. The Labute approximate surface area is 203 Å². The van der Waals surface area contributed by atoms with Gasteiger partial charge in [0.2, 0.25) is 6.29 Å². The number of thioether (sulfide) groups is 1. The van der Waals surface area contributed by atoms with Gasteiger partial charge in [0.15, 0.2) is 5.17 Å². The van der Waals surface area contributed by atoms with Crippen LogP contribution in [0.4, 0.5) is 18.9 Å². The first kappa shape index (κ1) is 22.8. The topological polar surface area (TPSA) is 47.9 Å². The lowest BCUT2D eigenvalue weighted by Gasteiger charge is -2.39. The van der Waals surface area contributed by atoms with Crippen LogP contribution in [0.2, 0.25) is 0 Å². The summed E-state index contributed by atoms with van der Waals surface area (Å²) < 4.78 is 39.2. The molecule has 0 fully saturated rings. The van der Waals surface area contributed by atoms with Crippen LogP contribution in [0.15, 0.2) is 65.1 Å². The van der Waals surface area contributed by atoms with Gasteiger partial charge in [-0.2, -0.15) is 18.3 Å². The van der Waals surface area contributed by atoms with Crippen LogP contribution < -0.4 is 10.3 Å². The van der Waals surface area contributed by atoms with Gasteiger partial charge >= 0.3 is 6.18 Å². The van der Waals surface area contributed by atoms with E-state index in [0.717, 1.165) is 29.8 Å². The minimum absolute atomic E-state index is 0.0716. The third-order valence-corrected chi connectivity index (χ3v) is 7.70. The minimum atomic E-state index is -4.38. The number of hydrogen-bond donors (Lipinski definition) is 1. The summed E-state index contributed by atoms with van der Waals surface area (Å²) in [7, 11) is 0. The summed E-state index contributed by atoms with van der Waals surface area (Å²) in [6.07, 6.45) is -3.93. The lowest BCUT2D eigenvalue weighted by Crippen LogP contribution is -2.57. The predicted molar refractivity (Wildman–Crippen MR) is 130 cm³/mol. The Balaban J connectivity index is 1.37. The van der Waals surface area contributed by atoms with Crippen LogP contribution in [-0.4, -0.2) is 22.3 Å². The van der Waals surface area contributed by atoms with Crippen molar-refractivity contribution in [2.24, 2.45) is 5.10 Å². The number of anilines is 1. The van der Waals surface area contributed by atoms with E-state index in [2.05, 4.69) is 29.6 Å². The molecule has 3 heterocycles. The number of carbonyl (C=O) groups excluding carboxylic acids is 1. The van der Waals surface area contributed by atoms with Crippen LogP contribution in [0.25, 0.3) is 0 Å². The Hall–Kier alpha value is -2.98. The summed E-state index contributed by atoms with van der Waals surface area (Å²) in [6, 6.07) is 15.4. The zero-order chi connectivity index (χ0) is 23.9.